The van der Waals surface area contributed by atoms with Gasteiger partial charge >= 0.3 is 0 Å². The zero-order chi connectivity index (χ0) is 7.72. The van der Waals surface area contributed by atoms with Gasteiger partial charge in [0, 0.05) is 20.5 Å². The molecule has 0 unspecified atom stereocenters. The lowest BCUT2D eigenvalue weighted by molar-refractivity contribution is 0.736. The topological polar surface area (TPSA) is 22.8 Å². The van der Waals surface area contributed by atoms with Gasteiger partial charge in [-0.25, -0.2) is 4.68 Å². The zero-order valence-corrected chi connectivity index (χ0v) is 7.27. The Morgan fingerprint density at radius 3 is 2.30 bits per heavy atom. The first kappa shape index (κ1) is 7.47. The van der Waals surface area contributed by atoms with Crippen molar-refractivity contribution in [2.75, 3.05) is 0 Å². The summed E-state index contributed by atoms with van der Waals surface area (Å²) in [6.07, 6.45) is 0.932. The maximum Gasteiger partial charge on any atom is 0.197 e. The molecule has 0 saturated carbocycles. The molecule has 0 aliphatic carbocycles. The summed E-state index contributed by atoms with van der Waals surface area (Å²) in [6, 6.07) is 0. The van der Waals surface area contributed by atoms with Gasteiger partial charge in [0.05, 0.1) is 0 Å². The van der Waals surface area contributed by atoms with Crippen LogP contribution in [0.3, 0.4) is 0 Å². The summed E-state index contributed by atoms with van der Waals surface area (Å²) in [6.45, 7) is 2.07. The molecule has 0 saturated heterocycles. The van der Waals surface area contributed by atoms with Gasteiger partial charge in [-0.1, -0.05) is 6.92 Å². The Kier molecular flexibility index (Phi) is 1.89. The van der Waals surface area contributed by atoms with Crippen LogP contribution in [-0.4, -0.2) is 14.3 Å². The Bertz CT molecular complexity index is 284. The van der Waals surface area contributed by atoms with E-state index >= 15 is 0 Å². The van der Waals surface area contributed by atoms with E-state index in [1.54, 1.807) is 4.68 Å². The third kappa shape index (κ3) is 0.988. The molecular formula is C6H11N3S. The van der Waals surface area contributed by atoms with Crippen molar-refractivity contribution in [1.29, 1.82) is 0 Å². The number of nitrogens with zero attached hydrogens (tertiary/aromatic N) is 3. The van der Waals surface area contributed by atoms with Crippen molar-refractivity contribution in [1.82, 2.24) is 14.3 Å². The average molecular weight is 157 g/mol. The molecule has 4 heteroatoms. The van der Waals surface area contributed by atoms with Crippen molar-refractivity contribution in [2.24, 2.45) is 14.1 Å². The second-order valence-electron chi connectivity index (χ2n) is 2.23. The van der Waals surface area contributed by atoms with Crippen LogP contribution in [0, 0.1) is 4.77 Å². The van der Waals surface area contributed by atoms with Crippen LogP contribution >= 0.6 is 12.2 Å². The maximum absolute atomic E-state index is 5.04. The van der Waals surface area contributed by atoms with Gasteiger partial charge in [0.25, 0.3) is 0 Å². The minimum Gasteiger partial charge on any atom is -0.307 e. The second kappa shape index (κ2) is 2.54. The molecule has 0 bridgehead atoms. The lowest BCUT2D eigenvalue weighted by Gasteiger charge is -1.91. The standard InChI is InChI=1S/C6H11N3S/c1-4-5-7-9(3)6(10)8(5)2/h4H2,1-3H3. The summed E-state index contributed by atoms with van der Waals surface area (Å²) in [5.74, 6) is 1.03. The van der Waals surface area contributed by atoms with Crippen molar-refractivity contribution in [3.63, 3.8) is 0 Å². The molecule has 10 heavy (non-hydrogen) atoms. The maximum atomic E-state index is 5.04. The summed E-state index contributed by atoms with van der Waals surface area (Å²) in [5.41, 5.74) is 0. The number of aryl methyl sites for hydroxylation is 2. The molecule has 0 aliphatic rings. The van der Waals surface area contributed by atoms with Gasteiger partial charge in [0.2, 0.25) is 0 Å². The first-order valence-electron chi connectivity index (χ1n) is 3.25. The Balaban J connectivity index is 3.31. The quantitative estimate of drug-likeness (QED) is 0.569. The van der Waals surface area contributed by atoms with E-state index < -0.39 is 0 Å². The highest BCUT2D eigenvalue weighted by molar-refractivity contribution is 7.71. The highest BCUT2D eigenvalue weighted by atomic mass is 32.1. The highest BCUT2D eigenvalue weighted by Crippen LogP contribution is 1.96. The molecule has 0 fully saturated rings. The average Bonchev–Trinajstić information content (AvgIpc) is 2.17. The lowest BCUT2D eigenvalue weighted by Crippen LogP contribution is -1.94. The molecule has 1 heterocycles. The van der Waals surface area contributed by atoms with E-state index in [2.05, 4.69) is 12.0 Å². The fourth-order valence-electron chi connectivity index (χ4n) is 0.918. The SMILES string of the molecule is CCc1nn(C)c(=S)n1C. The highest BCUT2D eigenvalue weighted by Gasteiger charge is 1.99. The number of aromatic nitrogens is 3. The minimum absolute atomic E-state index is 0.775. The van der Waals surface area contributed by atoms with Crippen molar-refractivity contribution in [3.05, 3.63) is 10.6 Å². The van der Waals surface area contributed by atoms with E-state index in [9.17, 15) is 0 Å². The molecule has 0 atom stereocenters. The van der Waals surface area contributed by atoms with Crippen molar-refractivity contribution in [3.8, 4) is 0 Å². The molecular weight excluding hydrogens is 146 g/mol. The van der Waals surface area contributed by atoms with Crippen LogP contribution in [-0.2, 0) is 20.5 Å². The van der Waals surface area contributed by atoms with Crippen molar-refractivity contribution in [2.45, 2.75) is 13.3 Å². The zero-order valence-electron chi connectivity index (χ0n) is 6.46. The third-order valence-electron chi connectivity index (χ3n) is 1.53. The fourth-order valence-corrected chi connectivity index (χ4v) is 1.06. The van der Waals surface area contributed by atoms with Crippen LogP contribution in [0.1, 0.15) is 12.7 Å². The van der Waals surface area contributed by atoms with Gasteiger partial charge in [-0.2, -0.15) is 5.10 Å². The molecule has 0 aliphatic heterocycles. The molecule has 0 radical (unpaired) electrons. The summed E-state index contributed by atoms with van der Waals surface area (Å²) >= 11 is 5.04. The van der Waals surface area contributed by atoms with Gasteiger partial charge in [0.15, 0.2) is 4.77 Å². The summed E-state index contributed by atoms with van der Waals surface area (Å²) < 4.78 is 4.42. The van der Waals surface area contributed by atoms with Crippen LogP contribution in [0.2, 0.25) is 0 Å². The molecule has 1 aromatic rings. The fraction of sp³-hybridized carbons (Fsp3) is 0.667. The van der Waals surface area contributed by atoms with E-state index in [0.29, 0.717) is 0 Å². The molecule has 0 N–H and O–H groups in total. The lowest BCUT2D eigenvalue weighted by atomic mass is 10.5. The Morgan fingerprint density at radius 2 is 2.10 bits per heavy atom. The van der Waals surface area contributed by atoms with Crippen LogP contribution in [0.4, 0.5) is 0 Å². The van der Waals surface area contributed by atoms with Crippen molar-refractivity contribution < 1.29 is 0 Å². The Hall–Kier alpha value is -0.640. The third-order valence-corrected chi connectivity index (χ3v) is 2.07. The number of rotatable bonds is 1. The number of hydrogen-bond donors (Lipinski definition) is 0. The van der Waals surface area contributed by atoms with E-state index in [-0.39, 0.29) is 0 Å². The van der Waals surface area contributed by atoms with Crippen LogP contribution < -0.4 is 0 Å². The normalized spacial score (nSPS) is 10.3. The smallest absolute Gasteiger partial charge is 0.197 e. The Morgan fingerprint density at radius 1 is 1.50 bits per heavy atom. The summed E-state index contributed by atoms with van der Waals surface area (Å²) in [4.78, 5) is 0. The molecule has 0 amide bonds. The van der Waals surface area contributed by atoms with Crippen molar-refractivity contribution >= 4 is 12.2 Å². The predicted octanol–water partition coefficient (Wildman–Crippen LogP) is 1.05. The molecule has 1 aromatic heterocycles. The Labute approximate surface area is 65.3 Å². The molecule has 0 spiro atoms. The number of hydrogen-bond acceptors (Lipinski definition) is 2. The summed E-state index contributed by atoms with van der Waals surface area (Å²) in [5, 5.41) is 4.20. The van der Waals surface area contributed by atoms with Crippen LogP contribution in [0.5, 0.6) is 0 Å². The van der Waals surface area contributed by atoms with Gasteiger partial charge in [-0.15, -0.1) is 0 Å². The van der Waals surface area contributed by atoms with E-state index in [0.717, 1.165) is 17.0 Å². The molecule has 1 rings (SSSR count). The van der Waals surface area contributed by atoms with Gasteiger partial charge in [-0.3, -0.25) is 0 Å². The first-order valence-corrected chi connectivity index (χ1v) is 3.66. The monoisotopic (exact) mass is 157 g/mol. The summed E-state index contributed by atoms with van der Waals surface area (Å²) in [7, 11) is 3.80. The molecule has 3 nitrogen and oxygen atoms in total. The van der Waals surface area contributed by atoms with Crippen LogP contribution in [0.15, 0.2) is 0 Å². The minimum atomic E-state index is 0.775. The van der Waals surface area contributed by atoms with E-state index in [1.807, 2.05) is 18.7 Å². The van der Waals surface area contributed by atoms with E-state index in [1.165, 1.54) is 0 Å². The molecule has 56 valence electrons. The van der Waals surface area contributed by atoms with Gasteiger partial charge in [0.1, 0.15) is 5.82 Å². The molecule has 0 aromatic carbocycles. The largest absolute Gasteiger partial charge is 0.307 e. The van der Waals surface area contributed by atoms with Gasteiger partial charge in [-0.05, 0) is 12.2 Å². The first-order chi connectivity index (χ1) is 4.66. The van der Waals surface area contributed by atoms with Gasteiger partial charge < -0.3 is 4.57 Å². The second-order valence-corrected chi connectivity index (χ2v) is 2.60. The predicted molar refractivity (Wildman–Crippen MR) is 42.4 cm³/mol. The van der Waals surface area contributed by atoms with Crippen LogP contribution in [0.25, 0.3) is 0 Å². The van der Waals surface area contributed by atoms with E-state index in [4.69, 9.17) is 12.2 Å².